The molecule has 0 amide bonds. The third kappa shape index (κ3) is 3.22. The maximum atomic E-state index is 6.01. The second kappa shape index (κ2) is 6.79. The maximum Gasteiger partial charge on any atom is 0.181 e. The lowest BCUT2D eigenvalue weighted by Crippen LogP contribution is -2.19. The fourth-order valence-electron chi connectivity index (χ4n) is 3.63. The molecule has 0 unspecified atom stereocenters. The molecule has 1 aliphatic heterocycles. The van der Waals surface area contributed by atoms with Crippen LogP contribution in [0.3, 0.4) is 0 Å². The lowest BCUT2D eigenvalue weighted by Gasteiger charge is -2.11. The average molecular weight is 379 g/mol. The first-order valence-electron chi connectivity index (χ1n) is 9.14. The van der Waals surface area contributed by atoms with Crippen LogP contribution in [0.25, 0.3) is 33.5 Å². The smallest absolute Gasteiger partial charge is 0.181 e. The van der Waals surface area contributed by atoms with Crippen LogP contribution in [0.1, 0.15) is 18.7 Å². The monoisotopic (exact) mass is 378 g/mol. The molecule has 2 aromatic carbocycles. The summed E-state index contributed by atoms with van der Waals surface area (Å²) >= 11 is 6.01. The average Bonchev–Trinajstić information content (AvgIpc) is 3.43. The first kappa shape index (κ1) is 16.5. The topological polar surface area (TPSA) is 73.5 Å². The first-order valence-corrected chi connectivity index (χ1v) is 9.52. The number of aromatic nitrogens is 5. The van der Waals surface area contributed by atoms with Crippen molar-refractivity contribution in [3.05, 3.63) is 53.3 Å². The maximum absolute atomic E-state index is 6.01. The number of halogens is 1. The number of likely N-dealkylation sites (tertiary alicyclic amines) is 1. The van der Waals surface area contributed by atoms with Gasteiger partial charge in [-0.05, 0) is 56.3 Å². The summed E-state index contributed by atoms with van der Waals surface area (Å²) in [6, 6.07) is 13.8. The number of hydrogen-bond acceptors (Lipinski definition) is 4. The van der Waals surface area contributed by atoms with E-state index in [0.717, 1.165) is 53.2 Å². The molecule has 0 saturated carbocycles. The second-order valence-electron chi connectivity index (χ2n) is 6.93. The fraction of sp³-hybridized carbons (Fsp3) is 0.250. The molecule has 0 spiro atoms. The van der Waals surface area contributed by atoms with E-state index in [4.69, 9.17) is 16.6 Å². The number of rotatable bonds is 4. The molecular weight excluding hydrogens is 360 g/mol. The van der Waals surface area contributed by atoms with Crippen molar-refractivity contribution in [2.24, 2.45) is 0 Å². The summed E-state index contributed by atoms with van der Waals surface area (Å²) in [5.74, 6) is 1.63. The van der Waals surface area contributed by atoms with Gasteiger partial charge in [0.25, 0.3) is 0 Å². The van der Waals surface area contributed by atoms with Gasteiger partial charge in [0.15, 0.2) is 5.82 Å². The van der Waals surface area contributed by atoms with Crippen LogP contribution >= 0.6 is 11.6 Å². The third-order valence-electron chi connectivity index (χ3n) is 5.04. The molecule has 27 heavy (non-hydrogen) atoms. The highest BCUT2D eigenvalue weighted by molar-refractivity contribution is 6.30. The van der Waals surface area contributed by atoms with Crippen LogP contribution in [0.2, 0.25) is 5.02 Å². The summed E-state index contributed by atoms with van der Waals surface area (Å²) in [7, 11) is 0. The van der Waals surface area contributed by atoms with Gasteiger partial charge in [-0.1, -0.05) is 23.7 Å². The van der Waals surface area contributed by atoms with Crippen LogP contribution in [0.15, 0.2) is 42.5 Å². The van der Waals surface area contributed by atoms with Crippen LogP contribution < -0.4 is 0 Å². The molecule has 0 radical (unpaired) electrons. The van der Waals surface area contributed by atoms with Gasteiger partial charge in [-0.2, -0.15) is 10.2 Å². The highest BCUT2D eigenvalue weighted by Gasteiger charge is 2.15. The number of benzene rings is 2. The van der Waals surface area contributed by atoms with E-state index in [9.17, 15) is 0 Å². The quantitative estimate of drug-likeness (QED) is 0.556. The molecule has 1 saturated heterocycles. The summed E-state index contributed by atoms with van der Waals surface area (Å²) < 4.78 is 0. The third-order valence-corrected chi connectivity index (χ3v) is 5.29. The van der Waals surface area contributed by atoms with E-state index in [2.05, 4.69) is 31.4 Å². The van der Waals surface area contributed by atoms with Crippen LogP contribution in [-0.2, 0) is 6.54 Å². The highest BCUT2D eigenvalue weighted by atomic mass is 35.5. The second-order valence-corrected chi connectivity index (χ2v) is 7.36. The van der Waals surface area contributed by atoms with Crippen molar-refractivity contribution in [1.29, 1.82) is 0 Å². The summed E-state index contributed by atoms with van der Waals surface area (Å²) in [5, 5.41) is 16.8. The van der Waals surface area contributed by atoms with Crippen LogP contribution in [-0.4, -0.2) is 43.4 Å². The molecular formula is C20H19ClN6. The van der Waals surface area contributed by atoms with E-state index in [1.165, 1.54) is 12.8 Å². The molecule has 0 atom stereocenters. The van der Waals surface area contributed by atoms with Gasteiger partial charge < -0.3 is 0 Å². The van der Waals surface area contributed by atoms with Crippen molar-refractivity contribution in [2.75, 3.05) is 13.1 Å². The number of nitrogens with one attached hydrogen (secondary N) is 2. The Morgan fingerprint density at radius 3 is 2.52 bits per heavy atom. The molecule has 0 aliphatic carbocycles. The van der Waals surface area contributed by atoms with E-state index >= 15 is 0 Å². The van der Waals surface area contributed by atoms with E-state index < -0.39 is 0 Å². The number of aromatic amines is 2. The number of nitrogens with zero attached hydrogens (tertiary/aromatic N) is 4. The molecule has 7 heteroatoms. The van der Waals surface area contributed by atoms with Crippen molar-refractivity contribution in [3.63, 3.8) is 0 Å². The molecule has 2 N–H and O–H groups in total. The lowest BCUT2D eigenvalue weighted by atomic mass is 10.1. The summed E-state index contributed by atoms with van der Waals surface area (Å²) in [6.45, 7) is 3.11. The Labute approximate surface area is 161 Å². The fourth-order valence-corrected chi connectivity index (χ4v) is 3.75. The molecule has 0 bridgehead atoms. The number of hydrogen-bond donors (Lipinski definition) is 2. The van der Waals surface area contributed by atoms with Gasteiger partial charge >= 0.3 is 0 Å². The Balaban J connectivity index is 1.48. The van der Waals surface area contributed by atoms with Crippen molar-refractivity contribution >= 4 is 22.5 Å². The molecule has 1 fully saturated rings. The Hall–Kier alpha value is -2.70. The van der Waals surface area contributed by atoms with Gasteiger partial charge in [0, 0.05) is 21.5 Å². The summed E-state index contributed by atoms with van der Waals surface area (Å²) in [4.78, 5) is 7.10. The zero-order valence-corrected chi connectivity index (χ0v) is 15.5. The van der Waals surface area contributed by atoms with Crippen molar-refractivity contribution < 1.29 is 0 Å². The Morgan fingerprint density at radius 1 is 0.926 bits per heavy atom. The molecule has 6 nitrogen and oxygen atoms in total. The summed E-state index contributed by atoms with van der Waals surface area (Å²) in [5.41, 5.74) is 3.88. The molecule has 5 rings (SSSR count). The number of H-pyrrole nitrogens is 2. The molecule has 136 valence electrons. The predicted octanol–water partition coefficient (Wildman–Crippen LogP) is 4.26. The minimum Gasteiger partial charge on any atom is -0.296 e. The van der Waals surface area contributed by atoms with Crippen molar-refractivity contribution in [1.82, 2.24) is 30.3 Å². The highest BCUT2D eigenvalue weighted by Crippen LogP contribution is 2.30. The molecule has 2 aromatic heterocycles. The van der Waals surface area contributed by atoms with E-state index in [1.54, 1.807) is 0 Å². The van der Waals surface area contributed by atoms with Gasteiger partial charge in [0.2, 0.25) is 0 Å². The summed E-state index contributed by atoms with van der Waals surface area (Å²) in [6.07, 6.45) is 2.54. The van der Waals surface area contributed by atoms with Crippen LogP contribution in [0.4, 0.5) is 0 Å². The first-order chi connectivity index (χ1) is 13.3. The van der Waals surface area contributed by atoms with Gasteiger partial charge in [0.05, 0.1) is 17.8 Å². The van der Waals surface area contributed by atoms with Crippen LogP contribution in [0.5, 0.6) is 0 Å². The van der Waals surface area contributed by atoms with E-state index in [1.807, 2.05) is 36.4 Å². The Bertz CT molecular complexity index is 1080. The largest absolute Gasteiger partial charge is 0.296 e. The minimum atomic E-state index is 0.713. The Morgan fingerprint density at radius 2 is 1.70 bits per heavy atom. The van der Waals surface area contributed by atoms with E-state index in [0.29, 0.717) is 10.8 Å². The van der Waals surface area contributed by atoms with E-state index in [-0.39, 0.29) is 0 Å². The van der Waals surface area contributed by atoms with Crippen LogP contribution in [0, 0.1) is 0 Å². The molecule has 4 aromatic rings. The Kier molecular flexibility index (Phi) is 4.14. The van der Waals surface area contributed by atoms with Gasteiger partial charge in [-0.25, -0.2) is 4.98 Å². The van der Waals surface area contributed by atoms with Crippen molar-refractivity contribution in [3.8, 4) is 22.6 Å². The predicted molar refractivity (Wildman–Crippen MR) is 106 cm³/mol. The zero-order chi connectivity index (χ0) is 18.2. The normalized spacial score (nSPS) is 15.0. The van der Waals surface area contributed by atoms with Gasteiger partial charge in [-0.15, -0.1) is 0 Å². The zero-order valence-electron chi connectivity index (χ0n) is 14.7. The lowest BCUT2D eigenvalue weighted by molar-refractivity contribution is 0.323. The van der Waals surface area contributed by atoms with Gasteiger partial charge in [-0.3, -0.25) is 15.1 Å². The van der Waals surface area contributed by atoms with Gasteiger partial charge in [0.1, 0.15) is 5.82 Å². The number of fused-ring (bicyclic) bond motifs is 1. The van der Waals surface area contributed by atoms with Crippen molar-refractivity contribution in [2.45, 2.75) is 19.4 Å². The molecule has 1 aliphatic rings. The SMILES string of the molecule is Clc1ccc(-c2n[nH]c3ccc(-c4n[nH]c(CN5CCCC5)n4)cc23)cc1. The standard InChI is InChI=1S/C20H19ClN6/c21-15-6-3-13(4-7-15)19-16-11-14(5-8-17(16)23-25-19)20-22-18(24-26-20)12-27-9-1-2-10-27/h3-8,11H,1-2,9-10,12H2,(H,23,25)(H,22,24,26). The molecule has 3 heterocycles. The minimum absolute atomic E-state index is 0.713.